The normalized spacial score (nSPS) is 16.8. The Morgan fingerprint density at radius 2 is 1.94 bits per heavy atom. The van der Waals surface area contributed by atoms with Crippen LogP contribution in [0.2, 0.25) is 10.0 Å². The summed E-state index contributed by atoms with van der Waals surface area (Å²) in [5.41, 5.74) is 6.68. The van der Waals surface area contributed by atoms with E-state index in [0.29, 0.717) is 34.1 Å². The van der Waals surface area contributed by atoms with Crippen LogP contribution in [0.4, 0.5) is 0 Å². The fourth-order valence-electron chi connectivity index (χ4n) is 2.97. The molecular formula is C20H23Cl2N5O5. The Labute approximate surface area is 194 Å². The van der Waals surface area contributed by atoms with Gasteiger partial charge in [-0.05, 0) is 37.0 Å². The van der Waals surface area contributed by atoms with Gasteiger partial charge in [-0.25, -0.2) is 4.79 Å². The molecule has 172 valence electrons. The van der Waals surface area contributed by atoms with E-state index in [2.05, 4.69) is 27.5 Å². The SMILES string of the molecule is C=C1CC[C@@H](C(=O)N[C@@H](CCC(=O)N=C(N)NC(=O)Cc2c(Cl)cccc2Cl)C(=O)O)N1. The third-order valence-electron chi connectivity index (χ3n) is 4.60. The highest BCUT2D eigenvalue weighted by Gasteiger charge is 2.28. The summed E-state index contributed by atoms with van der Waals surface area (Å²) in [7, 11) is 0. The van der Waals surface area contributed by atoms with Crippen LogP contribution in [0.3, 0.4) is 0 Å². The topological polar surface area (TPSA) is 163 Å². The number of carboxylic acid groups (broad SMARTS) is 1. The van der Waals surface area contributed by atoms with Gasteiger partial charge in [0, 0.05) is 22.2 Å². The molecule has 0 saturated carbocycles. The lowest BCUT2D eigenvalue weighted by molar-refractivity contribution is -0.142. The Hall–Kier alpha value is -3.11. The van der Waals surface area contributed by atoms with Crippen molar-refractivity contribution in [2.24, 2.45) is 10.7 Å². The molecule has 10 nitrogen and oxygen atoms in total. The summed E-state index contributed by atoms with van der Waals surface area (Å²) in [6.45, 7) is 3.72. The fourth-order valence-corrected chi connectivity index (χ4v) is 3.50. The lowest BCUT2D eigenvalue weighted by Gasteiger charge is -2.17. The second-order valence-electron chi connectivity index (χ2n) is 7.09. The molecule has 1 aliphatic heterocycles. The number of guanidine groups is 1. The predicted octanol–water partition coefficient (Wildman–Crippen LogP) is 1.11. The van der Waals surface area contributed by atoms with Crippen LogP contribution < -0.4 is 21.7 Å². The Morgan fingerprint density at radius 3 is 2.50 bits per heavy atom. The van der Waals surface area contributed by atoms with Gasteiger partial charge in [-0.15, -0.1) is 0 Å². The van der Waals surface area contributed by atoms with Gasteiger partial charge in [-0.3, -0.25) is 19.7 Å². The molecule has 32 heavy (non-hydrogen) atoms. The first kappa shape index (κ1) is 25.2. The quantitative estimate of drug-likeness (QED) is 0.273. The minimum Gasteiger partial charge on any atom is -0.480 e. The highest BCUT2D eigenvalue weighted by molar-refractivity contribution is 6.36. The second kappa shape index (κ2) is 11.5. The molecule has 12 heteroatoms. The number of aliphatic imine (C=N–C) groups is 1. The van der Waals surface area contributed by atoms with Crippen LogP contribution in [0.1, 0.15) is 31.2 Å². The molecule has 1 aliphatic rings. The Balaban J connectivity index is 1.85. The molecule has 1 saturated heterocycles. The maximum Gasteiger partial charge on any atom is 0.326 e. The van der Waals surface area contributed by atoms with Crippen LogP contribution in [-0.2, 0) is 25.6 Å². The van der Waals surface area contributed by atoms with Gasteiger partial charge in [-0.1, -0.05) is 35.8 Å². The smallest absolute Gasteiger partial charge is 0.326 e. The number of hydrogen-bond acceptors (Lipinski definition) is 5. The summed E-state index contributed by atoms with van der Waals surface area (Å²) >= 11 is 12.0. The molecule has 3 amide bonds. The molecule has 2 atom stereocenters. The molecule has 0 bridgehead atoms. The lowest BCUT2D eigenvalue weighted by atomic mass is 10.1. The fraction of sp³-hybridized carbons (Fsp3) is 0.350. The van der Waals surface area contributed by atoms with Crippen LogP contribution in [0.15, 0.2) is 35.5 Å². The average Bonchev–Trinajstić information content (AvgIpc) is 3.14. The van der Waals surface area contributed by atoms with Gasteiger partial charge in [0.1, 0.15) is 12.1 Å². The Morgan fingerprint density at radius 1 is 1.28 bits per heavy atom. The van der Waals surface area contributed by atoms with Crippen molar-refractivity contribution in [2.45, 2.75) is 44.2 Å². The number of nitrogens with two attached hydrogens (primary N) is 1. The molecular weight excluding hydrogens is 461 g/mol. The van der Waals surface area contributed by atoms with Crippen molar-refractivity contribution >= 4 is 52.9 Å². The van der Waals surface area contributed by atoms with Crippen LogP contribution in [0.5, 0.6) is 0 Å². The molecule has 0 spiro atoms. The van der Waals surface area contributed by atoms with E-state index in [9.17, 15) is 24.3 Å². The van der Waals surface area contributed by atoms with E-state index in [0.717, 1.165) is 0 Å². The first-order valence-electron chi connectivity index (χ1n) is 9.64. The van der Waals surface area contributed by atoms with E-state index in [1.54, 1.807) is 18.2 Å². The van der Waals surface area contributed by atoms with Crippen molar-refractivity contribution in [3.63, 3.8) is 0 Å². The maximum absolute atomic E-state index is 12.2. The number of amides is 3. The summed E-state index contributed by atoms with van der Waals surface area (Å²) in [6.07, 6.45) is 0.437. The monoisotopic (exact) mass is 483 g/mol. The van der Waals surface area contributed by atoms with E-state index >= 15 is 0 Å². The van der Waals surface area contributed by atoms with E-state index in [-0.39, 0.29) is 19.3 Å². The molecule has 0 unspecified atom stereocenters. The molecule has 0 aromatic heterocycles. The first-order chi connectivity index (χ1) is 15.1. The number of carbonyl (C=O) groups is 4. The summed E-state index contributed by atoms with van der Waals surface area (Å²) < 4.78 is 0. The summed E-state index contributed by atoms with van der Waals surface area (Å²) in [5.74, 6) is -3.57. The number of carboxylic acids is 1. The van der Waals surface area contributed by atoms with Crippen molar-refractivity contribution in [2.75, 3.05) is 0 Å². The Bertz CT molecular complexity index is 945. The van der Waals surface area contributed by atoms with Crippen molar-refractivity contribution in [1.82, 2.24) is 16.0 Å². The van der Waals surface area contributed by atoms with E-state index in [1.807, 2.05) is 0 Å². The maximum atomic E-state index is 12.2. The zero-order valence-electron chi connectivity index (χ0n) is 17.0. The Kier molecular flexibility index (Phi) is 9.03. The van der Waals surface area contributed by atoms with Gasteiger partial charge in [-0.2, -0.15) is 4.99 Å². The minimum absolute atomic E-state index is 0.183. The van der Waals surface area contributed by atoms with E-state index in [4.69, 9.17) is 28.9 Å². The van der Waals surface area contributed by atoms with Gasteiger partial charge >= 0.3 is 5.97 Å². The third-order valence-corrected chi connectivity index (χ3v) is 5.31. The number of halogens is 2. The molecule has 6 N–H and O–H groups in total. The summed E-state index contributed by atoms with van der Waals surface area (Å²) in [5, 5.41) is 17.4. The highest BCUT2D eigenvalue weighted by Crippen LogP contribution is 2.24. The highest BCUT2D eigenvalue weighted by atomic mass is 35.5. The first-order valence-corrected chi connectivity index (χ1v) is 10.4. The van der Waals surface area contributed by atoms with Crippen molar-refractivity contribution in [3.05, 3.63) is 46.1 Å². The van der Waals surface area contributed by atoms with Gasteiger partial charge in [0.25, 0.3) is 0 Å². The largest absolute Gasteiger partial charge is 0.480 e. The van der Waals surface area contributed by atoms with Crippen molar-refractivity contribution in [3.8, 4) is 0 Å². The molecule has 1 heterocycles. The third kappa shape index (κ3) is 7.54. The van der Waals surface area contributed by atoms with Crippen LogP contribution in [0, 0.1) is 0 Å². The zero-order valence-corrected chi connectivity index (χ0v) is 18.5. The standard InChI is InChI=1S/C20H23Cl2N5O5/c1-10-5-6-14(24-10)18(30)25-15(19(31)32)7-8-16(28)26-20(23)27-17(29)9-11-12(21)3-2-4-13(11)22/h2-4,14-15,24H,1,5-9H2,(H,25,30)(H,31,32)(H3,23,26,27,28,29)/t14-,15-/m0/s1. The zero-order chi connectivity index (χ0) is 23.8. The molecule has 0 radical (unpaired) electrons. The number of nitrogens with zero attached hydrogens (tertiary/aromatic N) is 1. The van der Waals surface area contributed by atoms with Crippen molar-refractivity contribution in [1.29, 1.82) is 0 Å². The van der Waals surface area contributed by atoms with E-state index < -0.39 is 41.7 Å². The predicted molar refractivity (Wildman–Crippen MR) is 119 cm³/mol. The van der Waals surface area contributed by atoms with Crippen LogP contribution >= 0.6 is 23.2 Å². The van der Waals surface area contributed by atoms with Gasteiger partial charge < -0.3 is 21.5 Å². The number of carbonyl (C=O) groups excluding carboxylic acids is 3. The number of allylic oxidation sites excluding steroid dienone is 1. The lowest BCUT2D eigenvalue weighted by Crippen LogP contribution is -2.48. The number of benzene rings is 1. The minimum atomic E-state index is -1.29. The van der Waals surface area contributed by atoms with Crippen molar-refractivity contribution < 1.29 is 24.3 Å². The molecule has 1 aromatic rings. The molecule has 2 rings (SSSR count). The van der Waals surface area contributed by atoms with Gasteiger partial charge in [0.05, 0.1) is 6.42 Å². The molecule has 1 fully saturated rings. The second-order valence-corrected chi connectivity index (χ2v) is 7.91. The summed E-state index contributed by atoms with van der Waals surface area (Å²) in [6, 6.07) is 2.95. The number of hydrogen-bond donors (Lipinski definition) is 5. The number of aliphatic carboxylic acids is 1. The van der Waals surface area contributed by atoms with Crippen LogP contribution in [0.25, 0.3) is 0 Å². The summed E-state index contributed by atoms with van der Waals surface area (Å²) in [4.78, 5) is 51.2. The molecule has 1 aromatic carbocycles. The van der Waals surface area contributed by atoms with Gasteiger partial charge in [0.15, 0.2) is 0 Å². The number of nitrogens with one attached hydrogen (secondary N) is 3. The van der Waals surface area contributed by atoms with Gasteiger partial charge in [0.2, 0.25) is 23.7 Å². The number of rotatable bonds is 8. The van der Waals surface area contributed by atoms with E-state index in [1.165, 1.54) is 0 Å². The van der Waals surface area contributed by atoms with Crippen LogP contribution in [-0.4, -0.2) is 46.8 Å². The average molecular weight is 484 g/mol. The molecule has 0 aliphatic carbocycles.